The lowest BCUT2D eigenvalue weighted by Crippen LogP contribution is -2.23. The molecule has 0 radical (unpaired) electrons. The summed E-state index contributed by atoms with van der Waals surface area (Å²) < 4.78 is 13.8. The summed E-state index contributed by atoms with van der Waals surface area (Å²) in [7, 11) is 3.19. The third kappa shape index (κ3) is 3.65. The molecule has 2 aromatic rings. The number of aromatic nitrogens is 2. The quantitative estimate of drug-likeness (QED) is 0.812. The first kappa shape index (κ1) is 16.5. The Hall–Kier alpha value is -2.90. The second-order valence-electron chi connectivity index (χ2n) is 5.28. The molecule has 0 saturated heterocycles. The Bertz CT molecular complexity index is 735. The molecule has 7 nitrogen and oxygen atoms in total. The minimum Gasteiger partial charge on any atom is -0.345 e. The van der Waals surface area contributed by atoms with E-state index in [1.807, 2.05) is 0 Å². The van der Waals surface area contributed by atoms with Gasteiger partial charge in [0.15, 0.2) is 0 Å². The van der Waals surface area contributed by atoms with Crippen LogP contribution in [-0.4, -0.2) is 41.1 Å². The van der Waals surface area contributed by atoms with Crippen molar-refractivity contribution in [2.24, 2.45) is 0 Å². The molecule has 0 aliphatic heterocycles. The molecule has 0 spiro atoms. The van der Waals surface area contributed by atoms with Gasteiger partial charge in [-0.1, -0.05) is 0 Å². The van der Waals surface area contributed by atoms with Crippen LogP contribution in [0.25, 0.3) is 0 Å². The number of H-pyrrole nitrogens is 1. The van der Waals surface area contributed by atoms with Crippen molar-refractivity contribution in [3.05, 3.63) is 41.0 Å². The number of benzene rings is 1. The fourth-order valence-electron chi connectivity index (χ4n) is 2.01. The van der Waals surface area contributed by atoms with Gasteiger partial charge >= 0.3 is 6.03 Å². The number of urea groups is 1. The van der Waals surface area contributed by atoms with E-state index in [2.05, 4.69) is 20.8 Å². The molecular weight excluding hydrogens is 301 g/mol. The molecule has 1 aromatic heterocycles. The van der Waals surface area contributed by atoms with Gasteiger partial charge in [-0.25, -0.2) is 9.18 Å². The van der Waals surface area contributed by atoms with E-state index >= 15 is 0 Å². The van der Waals surface area contributed by atoms with Crippen LogP contribution < -0.4 is 10.6 Å². The van der Waals surface area contributed by atoms with Crippen LogP contribution in [0.4, 0.5) is 20.6 Å². The van der Waals surface area contributed by atoms with Crippen molar-refractivity contribution >= 4 is 23.3 Å². The second-order valence-corrected chi connectivity index (χ2v) is 5.28. The van der Waals surface area contributed by atoms with E-state index < -0.39 is 11.8 Å². The highest BCUT2D eigenvalue weighted by Crippen LogP contribution is 2.19. The average Bonchev–Trinajstić information content (AvgIpc) is 2.80. The summed E-state index contributed by atoms with van der Waals surface area (Å²) in [6.07, 6.45) is 0. The van der Waals surface area contributed by atoms with Gasteiger partial charge in [-0.3, -0.25) is 9.89 Å². The third-order valence-electron chi connectivity index (χ3n) is 3.23. The van der Waals surface area contributed by atoms with E-state index in [4.69, 9.17) is 0 Å². The maximum absolute atomic E-state index is 13.8. The number of carbonyl (C=O) groups is 2. The highest BCUT2D eigenvalue weighted by atomic mass is 19.1. The van der Waals surface area contributed by atoms with Crippen LogP contribution in [0.2, 0.25) is 0 Å². The Morgan fingerprint density at radius 3 is 2.48 bits per heavy atom. The molecule has 3 N–H and O–H groups in total. The standard InChI is InChI=1S/C15H18FN5O2/c1-8-13(9(2)20-19-8)18-15(23)17-12-7-10(5-6-11(12)16)14(22)21(3)4/h5-7H,1-4H3,(H,19,20)(H2,17,18,23). The number of aryl methyl sites for hydroxylation is 2. The van der Waals surface area contributed by atoms with E-state index in [1.165, 1.54) is 17.0 Å². The van der Waals surface area contributed by atoms with Crippen molar-refractivity contribution in [1.82, 2.24) is 15.1 Å². The molecule has 0 atom stereocenters. The Kier molecular flexibility index (Phi) is 4.63. The number of hydrogen-bond acceptors (Lipinski definition) is 3. The zero-order valence-electron chi connectivity index (χ0n) is 13.3. The first-order chi connectivity index (χ1) is 10.8. The van der Waals surface area contributed by atoms with Crippen LogP contribution in [0.3, 0.4) is 0 Å². The van der Waals surface area contributed by atoms with E-state index in [-0.39, 0.29) is 17.2 Å². The molecular formula is C15H18FN5O2. The first-order valence-corrected chi connectivity index (χ1v) is 6.90. The van der Waals surface area contributed by atoms with Gasteiger partial charge in [0.25, 0.3) is 5.91 Å². The smallest absolute Gasteiger partial charge is 0.323 e. The van der Waals surface area contributed by atoms with Crippen LogP contribution >= 0.6 is 0 Å². The highest BCUT2D eigenvalue weighted by Gasteiger charge is 2.15. The molecule has 0 saturated carbocycles. The van der Waals surface area contributed by atoms with E-state index in [0.717, 1.165) is 6.07 Å². The van der Waals surface area contributed by atoms with Gasteiger partial charge in [0.1, 0.15) is 5.82 Å². The number of hydrogen-bond donors (Lipinski definition) is 3. The Morgan fingerprint density at radius 1 is 1.22 bits per heavy atom. The van der Waals surface area contributed by atoms with Gasteiger partial charge < -0.3 is 15.5 Å². The maximum atomic E-state index is 13.8. The third-order valence-corrected chi connectivity index (χ3v) is 3.23. The van der Waals surface area contributed by atoms with Crippen molar-refractivity contribution in [2.75, 3.05) is 24.7 Å². The number of nitrogens with zero attached hydrogens (tertiary/aromatic N) is 2. The lowest BCUT2D eigenvalue weighted by molar-refractivity contribution is 0.0827. The minimum absolute atomic E-state index is 0.0750. The molecule has 3 amide bonds. The van der Waals surface area contributed by atoms with Crippen LogP contribution in [0, 0.1) is 19.7 Å². The van der Waals surface area contributed by atoms with Crippen LogP contribution in [0.15, 0.2) is 18.2 Å². The zero-order chi connectivity index (χ0) is 17.1. The van der Waals surface area contributed by atoms with Crippen molar-refractivity contribution in [2.45, 2.75) is 13.8 Å². The van der Waals surface area contributed by atoms with Crippen LogP contribution in [-0.2, 0) is 0 Å². The van der Waals surface area contributed by atoms with E-state index in [0.29, 0.717) is 17.1 Å². The van der Waals surface area contributed by atoms with Gasteiger partial charge in [-0.2, -0.15) is 5.10 Å². The summed E-state index contributed by atoms with van der Waals surface area (Å²) >= 11 is 0. The van der Waals surface area contributed by atoms with Gasteiger partial charge in [-0.15, -0.1) is 0 Å². The number of amides is 3. The first-order valence-electron chi connectivity index (χ1n) is 6.90. The zero-order valence-corrected chi connectivity index (χ0v) is 13.3. The summed E-state index contributed by atoms with van der Waals surface area (Å²) in [6, 6.07) is 3.18. The molecule has 2 rings (SSSR count). The normalized spacial score (nSPS) is 10.3. The van der Waals surface area contributed by atoms with Gasteiger partial charge in [-0.05, 0) is 32.0 Å². The van der Waals surface area contributed by atoms with E-state index in [1.54, 1.807) is 27.9 Å². The van der Waals surface area contributed by atoms with E-state index in [9.17, 15) is 14.0 Å². The predicted molar refractivity (Wildman–Crippen MR) is 85.1 cm³/mol. The molecule has 0 aliphatic rings. The molecule has 0 bridgehead atoms. The number of halogens is 1. The number of anilines is 2. The Labute approximate surface area is 132 Å². The average molecular weight is 319 g/mol. The number of rotatable bonds is 3. The minimum atomic E-state index is -0.629. The lowest BCUT2D eigenvalue weighted by atomic mass is 10.1. The van der Waals surface area contributed by atoms with Crippen molar-refractivity contribution in [3.63, 3.8) is 0 Å². The van der Waals surface area contributed by atoms with Crippen molar-refractivity contribution in [1.29, 1.82) is 0 Å². The molecule has 0 unspecified atom stereocenters. The number of aromatic amines is 1. The molecule has 0 aliphatic carbocycles. The molecule has 0 fully saturated rings. The van der Waals surface area contributed by atoms with Crippen LogP contribution in [0.1, 0.15) is 21.7 Å². The largest absolute Gasteiger partial charge is 0.345 e. The molecule has 8 heteroatoms. The summed E-state index contributed by atoms with van der Waals surface area (Å²) in [5.41, 5.74) is 2.05. The molecule has 122 valence electrons. The van der Waals surface area contributed by atoms with Gasteiger partial charge in [0.2, 0.25) is 0 Å². The van der Waals surface area contributed by atoms with Gasteiger partial charge in [0, 0.05) is 19.7 Å². The van der Waals surface area contributed by atoms with Gasteiger partial charge in [0.05, 0.1) is 22.8 Å². The summed E-state index contributed by atoms with van der Waals surface area (Å²) in [5, 5.41) is 11.7. The summed E-state index contributed by atoms with van der Waals surface area (Å²) in [5.74, 6) is -0.911. The van der Waals surface area contributed by atoms with Crippen molar-refractivity contribution in [3.8, 4) is 0 Å². The summed E-state index contributed by atoms with van der Waals surface area (Å²) in [6.45, 7) is 3.49. The fourth-order valence-corrected chi connectivity index (χ4v) is 2.01. The fraction of sp³-hybridized carbons (Fsp3) is 0.267. The molecule has 1 heterocycles. The SMILES string of the molecule is Cc1n[nH]c(C)c1NC(=O)Nc1cc(C(=O)N(C)C)ccc1F. The summed E-state index contributed by atoms with van der Waals surface area (Å²) in [4.78, 5) is 25.3. The van der Waals surface area contributed by atoms with Crippen LogP contribution in [0.5, 0.6) is 0 Å². The molecule has 23 heavy (non-hydrogen) atoms. The second kappa shape index (κ2) is 6.47. The number of carbonyl (C=O) groups excluding carboxylic acids is 2. The highest BCUT2D eigenvalue weighted by molar-refractivity contribution is 6.02. The number of nitrogens with one attached hydrogen (secondary N) is 3. The van der Waals surface area contributed by atoms with Crippen molar-refractivity contribution < 1.29 is 14.0 Å². The Balaban J connectivity index is 2.17. The molecule has 1 aromatic carbocycles. The monoisotopic (exact) mass is 319 g/mol. The lowest BCUT2D eigenvalue weighted by Gasteiger charge is -2.13. The predicted octanol–water partition coefficient (Wildman–Crippen LogP) is 2.51. The topological polar surface area (TPSA) is 90.1 Å². The maximum Gasteiger partial charge on any atom is 0.323 e. The Morgan fingerprint density at radius 2 is 1.91 bits per heavy atom.